The van der Waals surface area contributed by atoms with Gasteiger partial charge in [0.15, 0.2) is 18.5 Å². The van der Waals surface area contributed by atoms with Crippen molar-refractivity contribution in [1.82, 2.24) is 4.75 Å². The van der Waals surface area contributed by atoms with Gasteiger partial charge in [0, 0.05) is 12.6 Å². The number of nitrogens with zero attached hydrogens (tertiary/aromatic N) is 2. The average molecular weight is 195 g/mol. The SMILES string of the molecule is CCCC(C)[N+]1=Cc2ccnp2C1. The molecule has 1 aromatic rings. The standard InChI is InChI=1S/C10H16N2P/c1-3-4-9(2)12-7-10-5-6-11-13(10)8-12/h5-7,9H,3-4,8H2,1-2H3/q+1. The van der Waals surface area contributed by atoms with Crippen LogP contribution in [0, 0.1) is 0 Å². The van der Waals surface area contributed by atoms with Crippen molar-refractivity contribution in [2.75, 3.05) is 0 Å². The molecule has 0 spiro atoms. The van der Waals surface area contributed by atoms with Crippen molar-refractivity contribution in [1.29, 1.82) is 0 Å². The van der Waals surface area contributed by atoms with Crippen LogP contribution in [0.1, 0.15) is 32.0 Å². The largest absolute Gasteiger partial charge is 0.239 e. The lowest BCUT2D eigenvalue weighted by Crippen LogP contribution is -2.19. The van der Waals surface area contributed by atoms with E-state index in [1.165, 1.54) is 18.1 Å². The molecule has 3 heteroatoms. The van der Waals surface area contributed by atoms with Gasteiger partial charge >= 0.3 is 0 Å². The van der Waals surface area contributed by atoms with Gasteiger partial charge in [0.25, 0.3) is 0 Å². The van der Waals surface area contributed by atoms with Gasteiger partial charge in [-0.05, 0) is 19.4 Å². The maximum absolute atomic E-state index is 4.46. The lowest BCUT2D eigenvalue weighted by molar-refractivity contribution is -0.560. The third-order valence-corrected chi connectivity index (χ3v) is 4.48. The van der Waals surface area contributed by atoms with Gasteiger partial charge in [-0.3, -0.25) is 0 Å². The lowest BCUT2D eigenvalue weighted by Gasteiger charge is -2.05. The Morgan fingerprint density at radius 1 is 1.69 bits per heavy atom. The Morgan fingerprint density at radius 2 is 2.54 bits per heavy atom. The summed E-state index contributed by atoms with van der Waals surface area (Å²) >= 11 is 0. The van der Waals surface area contributed by atoms with Gasteiger partial charge in [0.1, 0.15) is 0 Å². The number of aromatic nitrogens is 1. The van der Waals surface area contributed by atoms with E-state index in [2.05, 4.69) is 35.5 Å². The second kappa shape index (κ2) is 3.63. The van der Waals surface area contributed by atoms with Gasteiger partial charge in [-0.1, -0.05) is 6.92 Å². The molecule has 0 N–H and O–H groups in total. The highest BCUT2D eigenvalue weighted by Gasteiger charge is 2.23. The Bertz CT molecular complexity index is 327. The van der Waals surface area contributed by atoms with Gasteiger partial charge in [0.05, 0.1) is 13.0 Å². The smallest absolute Gasteiger partial charge is 0.196 e. The maximum Gasteiger partial charge on any atom is 0.196 e. The van der Waals surface area contributed by atoms with Crippen molar-refractivity contribution in [3.8, 4) is 0 Å². The zero-order valence-electron chi connectivity index (χ0n) is 8.27. The Hall–Kier alpha value is -0.620. The van der Waals surface area contributed by atoms with Crippen LogP contribution in [0.25, 0.3) is 0 Å². The topological polar surface area (TPSA) is 15.9 Å². The number of hydrogen-bond acceptors (Lipinski definition) is 1. The second-order valence-corrected chi connectivity index (χ2v) is 5.51. The van der Waals surface area contributed by atoms with Crippen molar-refractivity contribution in [2.45, 2.75) is 39.0 Å². The highest BCUT2D eigenvalue weighted by Crippen LogP contribution is 2.34. The zero-order chi connectivity index (χ0) is 9.26. The molecule has 2 unspecified atom stereocenters. The molecular weight excluding hydrogens is 179 g/mol. The first kappa shape index (κ1) is 8.96. The van der Waals surface area contributed by atoms with Gasteiger partial charge in [0.2, 0.25) is 0 Å². The predicted octanol–water partition coefficient (Wildman–Crippen LogP) is 2.66. The summed E-state index contributed by atoms with van der Waals surface area (Å²) in [7, 11) is -0.175. The van der Waals surface area contributed by atoms with Gasteiger partial charge in [-0.15, -0.1) is 0 Å². The summed E-state index contributed by atoms with van der Waals surface area (Å²) in [5, 5.41) is 1.46. The maximum atomic E-state index is 4.46. The molecule has 0 fully saturated rings. The molecular formula is C10H16N2P+. The summed E-state index contributed by atoms with van der Waals surface area (Å²) in [6.07, 6.45) is 7.97. The van der Waals surface area contributed by atoms with E-state index in [4.69, 9.17) is 0 Å². The minimum Gasteiger partial charge on any atom is -0.239 e. The van der Waals surface area contributed by atoms with Crippen LogP contribution in [0.15, 0.2) is 12.3 Å². The van der Waals surface area contributed by atoms with Crippen LogP contribution in [0.4, 0.5) is 0 Å². The van der Waals surface area contributed by atoms with Crippen molar-refractivity contribution in [2.24, 2.45) is 0 Å². The van der Waals surface area contributed by atoms with Crippen LogP contribution in [-0.4, -0.2) is 21.6 Å². The molecule has 2 atom stereocenters. The summed E-state index contributed by atoms with van der Waals surface area (Å²) in [5.41, 5.74) is 0. The molecule has 2 nitrogen and oxygen atoms in total. The average Bonchev–Trinajstić information content (AvgIpc) is 2.61. The second-order valence-electron chi connectivity index (χ2n) is 3.68. The third kappa shape index (κ3) is 1.68. The van der Waals surface area contributed by atoms with E-state index in [1.807, 2.05) is 6.20 Å². The van der Waals surface area contributed by atoms with Crippen molar-refractivity contribution >= 4 is 13.9 Å². The molecule has 2 rings (SSSR count). The summed E-state index contributed by atoms with van der Waals surface area (Å²) in [4.78, 5) is 0. The Kier molecular flexibility index (Phi) is 2.50. The fraction of sp³-hybridized carbons (Fsp3) is 0.600. The van der Waals surface area contributed by atoms with Crippen LogP contribution in [0.3, 0.4) is 0 Å². The quantitative estimate of drug-likeness (QED) is 0.677. The number of hydrogen-bond donors (Lipinski definition) is 0. The highest BCUT2D eigenvalue weighted by molar-refractivity contribution is 7.46. The molecule has 70 valence electrons. The minimum atomic E-state index is -0.175. The number of fused-ring (bicyclic) bond motifs is 1. The van der Waals surface area contributed by atoms with Gasteiger partial charge < -0.3 is 0 Å². The normalized spacial score (nSPS) is 18.3. The summed E-state index contributed by atoms with van der Waals surface area (Å²) in [6.45, 7) is 4.55. The van der Waals surface area contributed by atoms with Gasteiger partial charge in [-0.2, -0.15) is 0 Å². The zero-order valence-corrected chi connectivity index (χ0v) is 9.17. The predicted molar refractivity (Wildman–Crippen MR) is 56.7 cm³/mol. The Balaban J connectivity index is 2.10. The highest BCUT2D eigenvalue weighted by atomic mass is 31.1. The molecule has 2 heterocycles. The first-order chi connectivity index (χ1) is 6.31. The molecule has 0 radical (unpaired) electrons. The number of rotatable bonds is 3. The van der Waals surface area contributed by atoms with E-state index in [1.54, 1.807) is 0 Å². The summed E-state index contributed by atoms with van der Waals surface area (Å²) < 4.78 is 6.92. The van der Waals surface area contributed by atoms with E-state index in [9.17, 15) is 0 Å². The molecule has 0 bridgehead atoms. The van der Waals surface area contributed by atoms with Crippen LogP contribution >= 0.6 is 7.69 Å². The molecule has 0 amide bonds. The van der Waals surface area contributed by atoms with Gasteiger partial charge in [-0.25, -0.2) is 9.32 Å². The first-order valence-corrected chi connectivity index (χ1v) is 6.41. The molecule has 0 aliphatic carbocycles. The van der Waals surface area contributed by atoms with E-state index in [-0.39, 0.29) is 7.69 Å². The molecule has 0 aromatic carbocycles. The summed E-state index contributed by atoms with van der Waals surface area (Å²) in [6, 6.07) is 2.85. The van der Waals surface area contributed by atoms with Crippen LogP contribution in [0.2, 0.25) is 0 Å². The van der Waals surface area contributed by atoms with E-state index in [0.717, 1.165) is 6.29 Å². The fourth-order valence-electron chi connectivity index (χ4n) is 1.79. The Labute approximate surface area is 80.4 Å². The van der Waals surface area contributed by atoms with Crippen molar-refractivity contribution < 1.29 is 4.58 Å². The van der Waals surface area contributed by atoms with Crippen molar-refractivity contribution in [3.05, 3.63) is 17.6 Å². The lowest BCUT2D eigenvalue weighted by atomic mass is 10.2. The van der Waals surface area contributed by atoms with E-state index >= 15 is 0 Å². The first-order valence-electron chi connectivity index (χ1n) is 4.93. The van der Waals surface area contributed by atoms with E-state index in [0.29, 0.717) is 6.04 Å². The van der Waals surface area contributed by atoms with Crippen molar-refractivity contribution in [3.63, 3.8) is 0 Å². The molecule has 1 aliphatic rings. The fourth-order valence-corrected chi connectivity index (χ4v) is 3.57. The molecule has 0 saturated heterocycles. The Morgan fingerprint density at radius 3 is 3.23 bits per heavy atom. The monoisotopic (exact) mass is 195 g/mol. The molecule has 13 heavy (non-hydrogen) atoms. The van der Waals surface area contributed by atoms with Crippen LogP contribution in [-0.2, 0) is 6.29 Å². The minimum absolute atomic E-state index is 0.175. The van der Waals surface area contributed by atoms with Crippen LogP contribution in [0.5, 0.6) is 0 Å². The van der Waals surface area contributed by atoms with E-state index < -0.39 is 0 Å². The molecule has 1 aliphatic heterocycles. The summed E-state index contributed by atoms with van der Waals surface area (Å²) in [5.74, 6) is 0. The molecule has 1 aromatic heterocycles. The molecule has 0 saturated carbocycles. The third-order valence-electron chi connectivity index (χ3n) is 2.62. The van der Waals surface area contributed by atoms with Crippen LogP contribution < -0.4 is 0 Å².